The average molecular weight is 324 g/mol. The van der Waals surface area contributed by atoms with E-state index < -0.39 is 0 Å². The molecule has 114 valence electrons. The third-order valence-corrected chi connectivity index (χ3v) is 3.46. The number of hydrogen-bond acceptors (Lipinski definition) is 3. The maximum absolute atomic E-state index is 11.9. The number of fused-ring (bicyclic) bond motifs is 1. The van der Waals surface area contributed by atoms with Gasteiger partial charge in [-0.05, 0) is 35.9 Å². The minimum absolute atomic E-state index is 0.195. The molecule has 0 spiro atoms. The van der Waals surface area contributed by atoms with Gasteiger partial charge in [-0.25, -0.2) is 4.98 Å². The predicted molar refractivity (Wildman–Crippen MR) is 91.9 cm³/mol. The minimum atomic E-state index is -0.195. The molecule has 0 saturated carbocycles. The lowest BCUT2D eigenvalue weighted by Crippen LogP contribution is -2.20. The highest BCUT2D eigenvalue weighted by molar-refractivity contribution is 6.30. The van der Waals surface area contributed by atoms with Crippen molar-refractivity contribution in [3.05, 3.63) is 77.1 Å². The second-order valence-electron chi connectivity index (χ2n) is 4.96. The Bertz CT molecular complexity index is 877. The van der Waals surface area contributed by atoms with E-state index in [4.69, 9.17) is 11.6 Å². The molecule has 0 atom stereocenters. The minimum Gasteiger partial charge on any atom is -0.348 e. The SMILES string of the molecule is O=C(C=Cc1cnc2ccccc2n1)NCc1cccc(Cl)c1. The molecule has 0 aliphatic rings. The number of nitrogens with zero attached hydrogens (tertiary/aromatic N) is 2. The maximum Gasteiger partial charge on any atom is 0.244 e. The Morgan fingerprint density at radius 3 is 2.78 bits per heavy atom. The second-order valence-corrected chi connectivity index (χ2v) is 5.40. The van der Waals surface area contributed by atoms with Crippen LogP contribution in [0, 0.1) is 0 Å². The number of amides is 1. The summed E-state index contributed by atoms with van der Waals surface area (Å²) >= 11 is 5.91. The summed E-state index contributed by atoms with van der Waals surface area (Å²) in [6.45, 7) is 0.424. The van der Waals surface area contributed by atoms with Crippen molar-refractivity contribution >= 4 is 34.6 Å². The van der Waals surface area contributed by atoms with Crippen LogP contribution in [0.2, 0.25) is 5.02 Å². The van der Waals surface area contributed by atoms with Crippen LogP contribution in [0.25, 0.3) is 17.1 Å². The van der Waals surface area contributed by atoms with Crippen molar-refractivity contribution in [1.82, 2.24) is 15.3 Å². The van der Waals surface area contributed by atoms with E-state index in [1.54, 1.807) is 18.3 Å². The number of para-hydroxylation sites is 2. The molecule has 0 saturated heterocycles. The summed E-state index contributed by atoms with van der Waals surface area (Å²) < 4.78 is 0. The lowest BCUT2D eigenvalue weighted by atomic mass is 10.2. The van der Waals surface area contributed by atoms with E-state index in [9.17, 15) is 4.79 Å². The Kier molecular flexibility index (Phi) is 4.64. The predicted octanol–water partition coefficient (Wildman–Crippen LogP) is 3.61. The first kappa shape index (κ1) is 15.2. The number of rotatable bonds is 4. The van der Waals surface area contributed by atoms with Crippen molar-refractivity contribution in [3.8, 4) is 0 Å². The fourth-order valence-electron chi connectivity index (χ4n) is 2.11. The van der Waals surface area contributed by atoms with Crippen molar-refractivity contribution < 1.29 is 4.79 Å². The first-order valence-corrected chi connectivity index (χ1v) is 7.51. The number of aromatic nitrogens is 2. The lowest BCUT2D eigenvalue weighted by molar-refractivity contribution is -0.116. The van der Waals surface area contributed by atoms with Crippen LogP contribution < -0.4 is 5.32 Å². The Morgan fingerprint density at radius 1 is 1.13 bits per heavy atom. The van der Waals surface area contributed by atoms with Gasteiger partial charge in [0.05, 0.1) is 22.9 Å². The Labute approximate surface area is 138 Å². The molecule has 1 amide bonds. The van der Waals surface area contributed by atoms with Crippen LogP contribution >= 0.6 is 11.6 Å². The summed E-state index contributed by atoms with van der Waals surface area (Å²) in [6.07, 6.45) is 4.74. The molecule has 0 bridgehead atoms. The fraction of sp³-hybridized carbons (Fsp3) is 0.0556. The topological polar surface area (TPSA) is 54.9 Å². The quantitative estimate of drug-likeness (QED) is 0.746. The van der Waals surface area contributed by atoms with Crippen molar-refractivity contribution in [2.75, 3.05) is 0 Å². The highest BCUT2D eigenvalue weighted by Gasteiger charge is 1.99. The number of carbonyl (C=O) groups excluding carboxylic acids is 1. The van der Waals surface area contributed by atoms with Gasteiger partial charge in [0, 0.05) is 17.6 Å². The molecule has 1 heterocycles. The summed E-state index contributed by atoms with van der Waals surface area (Å²) in [5, 5.41) is 3.45. The van der Waals surface area contributed by atoms with Gasteiger partial charge in [0.1, 0.15) is 0 Å². The van der Waals surface area contributed by atoms with E-state index in [1.807, 2.05) is 42.5 Å². The molecule has 0 unspecified atom stereocenters. The van der Waals surface area contributed by atoms with Gasteiger partial charge in [0.25, 0.3) is 0 Å². The van der Waals surface area contributed by atoms with Crippen molar-refractivity contribution in [1.29, 1.82) is 0 Å². The number of hydrogen-bond donors (Lipinski definition) is 1. The number of nitrogens with one attached hydrogen (secondary N) is 1. The highest BCUT2D eigenvalue weighted by Crippen LogP contribution is 2.11. The first-order valence-electron chi connectivity index (χ1n) is 7.13. The molecule has 0 fully saturated rings. The molecule has 1 aromatic heterocycles. The molecule has 0 radical (unpaired) electrons. The molecule has 3 rings (SSSR count). The molecule has 3 aromatic rings. The van der Waals surface area contributed by atoms with E-state index in [0.717, 1.165) is 16.6 Å². The maximum atomic E-state index is 11.9. The Balaban J connectivity index is 1.63. The zero-order valence-corrected chi connectivity index (χ0v) is 13.0. The Hall–Kier alpha value is -2.72. The van der Waals surface area contributed by atoms with E-state index in [2.05, 4.69) is 15.3 Å². The van der Waals surface area contributed by atoms with Crippen LogP contribution in [-0.4, -0.2) is 15.9 Å². The van der Waals surface area contributed by atoms with Gasteiger partial charge in [0.2, 0.25) is 5.91 Å². The molecule has 23 heavy (non-hydrogen) atoms. The lowest BCUT2D eigenvalue weighted by Gasteiger charge is -2.03. The zero-order chi connectivity index (χ0) is 16.1. The third-order valence-electron chi connectivity index (χ3n) is 3.23. The molecule has 0 aliphatic carbocycles. The van der Waals surface area contributed by atoms with E-state index >= 15 is 0 Å². The second kappa shape index (κ2) is 7.03. The van der Waals surface area contributed by atoms with Gasteiger partial charge in [-0.1, -0.05) is 35.9 Å². The normalized spacial score (nSPS) is 11.0. The van der Waals surface area contributed by atoms with Crippen molar-refractivity contribution in [2.45, 2.75) is 6.54 Å². The molecule has 1 N–H and O–H groups in total. The van der Waals surface area contributed by atoms with Gasteiger partial charge >= 0.3 is 0 Å². The third kappa shape index (κ3) is 4.14. The summed E-state index contributed by atoms with van der Waals surface area (Å²) in [5.41, 5.74) is 3.22. The summed E-state index contributed by atoms with van der Waals surface area (Å²) in [7, 11) is 0. The van der Waals surface area contributed by atoms with Crippen LogP contribution in [-0.2, 0) is 11.3 Å². The molecule has 2 aromatic carbocycles. The Morgan fingerprint density at radius 2 is 1.96 bits per heavy atom. The molecular formula is C18H14ClN3O. The fourth-order valence-corrected chi connectivity index (χ4v) is 2.32. The van der Waals surface area contributed by atoms with E-state index in [1.165, 1.54) is 6.08 Å². The molecule has 4 nitrogen and oxygen atoms in total. The number of carbonyl (C=O) groups is 1. The molecule has 5 heteroatoms. The highest BCUT2D eigenvalue weighted by atomic mass is 35.5. The van der Waals surface area contributed by atoms with Crippen molar-refractivity contribution in [3.63, 3.8) is 0 Å². The van der Waals surface area contributed by atoms with Crippen molar-refractivity contribution in [2.24, 2.45) is 0 Å². The smallest absolute Gasteiger partial charge is 0.244 e. The van der Waals surface area contributed by atoms with Crippen LogP contribution in [0.5, 0.6) is 0 Å². The van der Waals surface area contributed by atoms with Gasteiger partial charge in [-0.3, -0.25) is 9.78 Å². The van der Waals surface area contributed by atoms with E-state index in [0.29, 0.717) is 17.3 Å². The zero-order valence-electron chi connectivity index (χ0n) is 12.2. The monoisotopic (exact) mass is 323 g/mol. The van der Waals surface area contributed by atoms with Gasteiger partial charge in [-0.15, -0.1) is 0 Å². The van der Waals surface area contributed by atoms with Gasteiger partial charge in [0.15, 0.2) is 0 Å². The van der Waals surface area contributed by atoms with Crippen LogP contribution in [0.15, 0.2) is 60.8 Å². The standard InChI is InChI=1S/C18H14ClN3O/c19-14-5-3-4-13(10-14)11-21-18(23)9-8-15-12-20-16-6-1-2-7-17(16)22-15/h1-10,12H,11H2,(H,21,23). The van der Waals surface area contributed by atoms with E-state index in [-0.39, 0.29) is 5.91 Å². The number of halogens is 1. The average Bonchev–Trinajstić information content (AvgIpc) is 2.58. The molecule has 0 aliphatic heterocycles. The largest absolute Gasteiger partial charge is 0.348 e. The van der Waals surface area contributed by atoms with Gasteiger partial charge < -0.3 is 5.32 Å². The summed E-state index contributed by atoms with van der Waals surface area (Å²) in [6, 6.07) is 15.0. The first-order chi connectivity index (χ1) is 11.2. The van der Waals surface area contributed by atoms with Crippen LogP contribution in [0.1, 0.15) is 11.3 Å². The van der Waals surface area contributed by atoms with Crippen LogP contribution in [0.3, 0.4) is 0 Å². The van der Waals surface area contributed by atoms with Gasteiger partial charge in [-0.2, -0.15) is 0 Å². The summed E-state index contributed by atoms with van der Waals surface area (Å²) in [5.74, 6) is -0.195. The number of benzene rings is 2. The van der Waals surface area contributed by atoms with Crippen LogP contribution in [0.4, 0.5) is 0 Å². The summed E-state index contributed by atoms with van der Waals surface area (Å²) in [4.78, 5) is 20.6. The molecular weight excluding hydrogens is 310 g/mol.